The number of hydrogen-bond acceptors (Lipinski definition) is 7. The van der Waals surface area contributed by atoms with Gasteiger partial charge in [0.05, 0.1) is 21.3 Å². The summed E-state index contributed by atoms with van der Waals surface area (Å²) in [6.45, 7) is 0. The molecule has 0 aliphatic heterocycles. The Kier molecular flexibility index (Phi) is 5.82. The van der Waals surface area contributed by atoms with Crippen LogP contribution in [0.15, 0.2) is 40.7 Å². The number of ketones is 1. The summed E-state index contributed by atoms with van der Waals surface area (Å²) in [5, 5.41) is 15.6. The first kappa shape index (κ1) is 17.4. The number of hydrogen-bond donors (Lipinski definition) is 1. The number of nitrogens with zero attached hydrogens (tertiary/aromatic N) is 1. The summed E-state index contributed by atoms with van der Waals surface area (Å²) >= 11 is 1.40. The molecule has 0 aliphatic carbocycles. The summed E-state index contributed by atoms with van der Waals surface area (Å²) in [6, 6.07) is 6.95. The van der Waals surface area contributed by atoms with Gasteiger partial charge in [-0.1, -0.05) is 0 Å². The third-order valence-corrected chi connectivity index (χ3v) is 3.88. The van der Waals surface area contributed by atoms with Gasteiger partial charge in [-0.05, 0) is 11.4 Å². The Morgan fingerprint density at radius 1 is 1.21 bits per heavy atom. The minimum atomic E-state index is -0.335. The highest BCUT2D eigenvalue weighted by Crippen LogP contribution is 2.39. The number of nitriles is 1. The van der Waals surface area contributed by atoms with Crippen molar-refractivity contribution in [3.05, 3.63) is 46.3 Å². The summed E-state index contributed by atoms with van der Waals surface area (Å²) in [4.78, 5) is 12.2. The number of methoxy groups -OCH3 is 3. The van der Waals surface area contributed by atoms with Crippen molar-refractivity contribution in [3.63, 3.8) is 0 Å². The highest BCUT2D eigenvalue weighted by atomic mass is 32.1. The number of ether oxygens (including phenoxy) is 3. The maximum Gasteiger partial charge on any atom is 0.205 e. The van der Waals surface area contributed by atoms with Crippen LogP contribution >= 0.6 is 11.3 Å². The second kappa shape index (κ2) is 8.04. The van der Waals surface area contributed by atoms with Crippen LogP contribution < -0.4 is 19.5 Å². The van der Waals surface area contributed by atoms with E-state index in [9.17, 15) is 10.1 Å². The molecule has 0 amide bonds. The number of allylic oxidation sites excluding steroid dienone is 1. The smallest absolute Gasteiger partial charge is 0.205 e. The van der Waals surface area contributed by atoms with Crippen LogP contribution in [0.2, 0.25) is 0 Å². The second-order valence-corrected chi connectivity index (χ2v) is 5.35. The molecule has 0 fully saturated rings. The standard InChI is InChI=1S/C17H16N2O4S/c1-21-14-6-13(7-15(22-2)17(14)23-3)19-9-12(8-18)16(20)11-4-5-24-10-11/h4-7,9-10,19H,1-3H3/b12-9+. The second-order valence-electron chi connectivity index (χ2n) is 4.57. The van der Waals surface area contributed by atoms with E-state index < -0.39 is 0 Å². The Balaban J connectivity index is 2.30. The lowest BCUT2D eigenvalue weighted by molar-refractivity contribution is 0.103. The van der Waals surface area contributed by atoms with Gasteiger partial charge in [0.1, 0.15) is 11.6 Å². The van der Waals surface area contributed by atoms with Crippen molar-refractivity contribution in [2.75, 3.05) is 26.6 Å². The van der Waals surface area contributed by atoms with E-state index in [1.165, 1.54) is 38.9 Å². The molecule has 6 nitrogen and oxygen atoms in total. The fraction of sp³-hybridized carbons (Fsp3) is 0.176. The van der Waals surface area contributed by atoms with Crippen molar-refractivity contribution >= 4 is 22.8 Å². The van der Waals surface area contributed by atoms with Gasteiger partial charge in [0.15, 0.2) is 11.5 Å². The minimum absolute atomic E-state index is 0.00199. The molecule has 0 saturated carbocycles. The molecule has 1 aromatic carbocycles. The van der Waals surface area contributed by atoms with E-state index in [0.717, 1.165) is 0 Å². The number of nitrogens with one attached hydrogen (secondary N) is 1. The zero-order valence-electron chi connectivity index (χ0n) is 13.5. The lowest BCUT2D eigenvalue weighted by Gasteiger charge is -2.14. The fourth-order valence-corrected chi connectivity index (χ4v) is 2.65. The average Bonchev–Trinajstić information content (AvgIpc) is 3.15. The van der Waals surface area contributed by atoms with Crippen LogP contribution in [-0.4, -0.2) is 27.1 Å². The molecule has 1 aromatic heterocycles. The number of carbonyl (C=O) groups excluding carboxylic acids is 1. The Morgan fingerprint density at radius 2 is 1.88 bits per heavy atom. The van der Waals surface area contributed by atoms with Gasteiger partial charge < -0.3 is 19.5 Å². The first-order valence-corrected chi connectivity index (χ1v) is 7.82. The third kappa shape index (κ3) is 3.67. The monoisotopic (exact) mass is 344 g/mol. The molecule has 0 unspecified atom stereocenters. The maximum absolute atomic E-state index is 12.2. The van der Waals surface area contributed by atoms with E-state index in [1.807, 2.05) is 6.07 Å². The topological polar surface area (TPSA) is 80.6 Å². The van der Waals surface area contributed by atoms with Crippen molar-refractivity contribution in [3.8, 4) is 23.3 Å². The number of Topliss-reactive ketones (excluding diaryl/α,β-unsaturated/α-hetero) is 1. The quantitative estimate of drug-likeness (QED) is 0.470. The SMILES string of the molecule is COc1cc(N/C=C(\C#N)C(=O)c2ccsc2)cc(OC)c1OC. The summed E-state index contributed by atoms with van der Waals surface area (Å²) in [5.41, 5.74) is 1.08. The number of thiophene rings is 1. The molecule has 24 heavy (non-hydrogen) atoms. The van der Waals surface area contributed by atoms with Gasteiger partial charge in [-0.15, -0.1) is 0 Å². The van der Waals surface area contributed by atoms with E-state index in [2.05, 4.69) is 5.32 Å². The molecular formula is C17H16N2O4S. The summed E-state index contributed by atoms with van der Waals surface area (Å²) in [6.07, 6.45) is 1.36. The van der Waals surface area contributed by atoms with Gasteiger partial charge in [0.2, 0.25) is 11.5 Å². The molecule has 0 spiro atoms. The highest BCUT2D eigenvalue weighted by molar-refractivity contribution is 7.08. The van der Waals surface area contributed by atoms with E-state index in [-0.39, 0.29) is 11.4 Å². The van der Waals surface area contributed by atoms with Gasteiger partial charge in [-0.25, -0.2) is 0 Å². The Labute approximate surface area is 143 Å². The number of rotatable bonds is 7. The van der Waals surface area contributed by atoms with E-state index in [4.69, 9.17) is 14.2 Å². The molecule has 0 saturated heterocycles. The predicted octanol–water partition coefficient (Wildman–Crippen LogP) is 3.48. The minimum Gasteiger partial charge on any atom is -0.493 e. The van der Waals surface area contributed by atoms with E-state index in [1.54, 1.807) is 29.0 Å². The molecule has 0 radical (unpaired) electrons. The van der Waals surface area contributed by atoms with Gasteiger partial charge >= 0.3 is 0 Å². The van der Waals surface area contributed by atoms with Gasteiger partial charge in [-0.2, -0.15) is 16.6 Å². The zero-order valence-corrected chi connectivity index (χ0v) is 14.3. The van der Waals surface area contributed by atoms with E-state index >= 15 is 0 Å². The van der Waals surface area contributed by atoms with E-state index in [0.29, 0.717) is 28.5 Å². The van der Waals surface area contributed by atoms with Crippen molar-refractivity contribution in [1.82, 2.24) is 0 Å². The van der Waals surface area contributed by atoms with Crippen LogP contribution in [-0.2, 0) is 0 Å². The molecule has 2 aromatic rings. The summed E-state index contributed by atoms with van der Waals surface area (Å²) < 4.78 is 15.8. The largest absolute Gasteiger partial charge is 0.493 e. The maximum atomic E-state index is 12.2. The predicted molar refractivity (Wildman–Crippen MR) is 92.1 cm³/mol. The molecule has 0 bridgehead atoms. The molecule has 7 heteroatoms. The Bertz CT molecular complexity index is 766. The first-order valence-electron chi connectivity index (χ1n) is 6.88. The molecular weight excluding hydrogens is 328 g/mol. The lowest BCUT2D eigenvalue weighted by Crippen LogP contribution is -2.03. The highest BCUT2D eigenvalue weighted by Gasteiger charge is 2.14. The number of anilines is 1. The van der Waals surface area contributed by atoms with Gasteiger partial charge in [-0.3, -0.25) is 4.79 Å². The van der Waals surface area contributed by atoms with Crippen molar-refractivity contribution in [2.24, 2.45) is 0 Å². The number of carbonyl (C=O) groups is 1. The van der Waals surface area contributed by atoms with Crippen LogP contribution in [0.1, 0.15) is 10.4 Å². The van der Waals surface area contributed by atoms with Crippen LogP contribution in [0.3, 0.4) is 0 Å². The Morgan fingerprint density at radius 3 is 2.33 bits per heavy atom. The summed E-state index contributed by atoms with van der Waals surface area (Å²) in [5.74, 6) is 1.06. The van der Waals surface area contributed by atoms with Crippen LogP contribution in [0.25, 0.3) is 0 Å². The molecule has 1 heterocycles. The molecule has 124 valence electrons. The fourth-order valence-electron chi connectivity index (χ4n) is 2.02. The molecule has 2 rings (SSSR count). The number of benzene rings is 1. The van der Waals surface area contributed by atoms with Crippen molar-refractivity contribution < 1.29 is 19.0 Å². The average molecular weight is 344 g/mol. The normalized spacial score (nSPS) is 10.7. The molecule has 0 aliphatic rings. The lowest BCUT2D eigenvalue weighted by atomic mass is 10.1. The van der Waals surface area contributed by atoms with Gasteiger partial charge in [0, 0.05) is 35.0 Å². The van der Waals surface area contributed by atoms with Crippen molar-refractivity contribution in [2.45, 2.75) is 0 Å². The van der Waals surface area contributed by atoms with Gasteiger partial charge in [0.25, 0.3) is 0 Å². The zero-order chi connectivity index (χ0) is 17.5. The first-order chi connectivity index (χ1) is 11.6. The van der Waals surface area contributed by atoms with Crippen LogP contribution in [0.4, 0.5) is 5.69 Å². The summed E-state index contributed by atoms with van der Waals surface area (Å²) in [7, 11) is 4.54. The Hall–Kier alpha value is -2.98. The van der Waals surface area contributed by atoms with Crippen molar-refractivity contribution in [1.29, 1.82) is 5.26 Å². The van der Waals surface area contributed by atoms with Crippen LogP contribution in [0, 0.1) is 11.3 Å². The van der Waals surface area contributed by atoms with Crippen LogP contribution in [0.5, 0.6) is 17.2 Å². The molecule has 1 N–H and O–H groups in total. The third-order valence-electron chi connectivity index (χ3n) is 3.20. The molecule has 0 atom stereocenters.